The fourth-order valence-electron chi connectivity index (χ4n) is 1.17. The first-order valence-electron chi connectivity index (χ1n) is 4.06. The van der Waals surface area contributed by atoms with Crippen molar-refractivity contribution in [1.82, 2.24) is 9.72 Å². The zero-order valence-corrected chi connectivity index (χ0v) is 7.45. The van der Waals surface area contributed by atoms with Crippen molar-refractivity contribution in [2.24, 2.45) is 0 Å². The van der Waals surface area contributed by atoms with Crippen LogP contribution in [0, 0.1) is 0 Å². The SMILES string of the molecule is O=C(O)c1cccn(-c2ccon2)c1=O. The normalized spacial score (nSPS) is 10.1. The summed E-state index contributed by atoms with van der Waals surface area (Å²) in [4.78, 5) is 22.3. The van der Waals surface area contributed by atoms with Gasteiger partial charge in [-0.3, -0.25) is 9.36 Å². The Bertz CT molecular complexity index is 541. The van der Waals surface area contributed by atoms with Crippen LogP contribution in [0.15, 0.2) is 40.0 Å². The molecule has 2 aromatic rings. The van der Waals surface area contributed by atoms with E-state index in [1.807, 2.05) is 0 Å². The van der Waals surface area contributed by atoms with Gasteiger partial charge in [0.25, 0.3) is 5.56 Å². The average Bonchev–Trinajstić information content (AvgIpc) is 2.70. The zero-order valence-electron chi connectivity index (χ0n) is 7.45. The van der Waals surface area contributed by atoms with Crippen LogP contribution in [0.1, 0.15) is 10.4 Å². The Balaban J connectivity index is 2.65. The summed E-state index contributed by atoms with van der Waals surface area (Å²) in [5, 5.41) is 12.3. The molecule has 0 saturated carbocycles. The number of carboxylic acids is 1. The van der Waals surface area contributed by atoms with Crippen LogP contribution in [0.5, 0.6) is 0 Å². The first kappa shape index (κ1) is 9.20. The quantitative estimate of drug-likeness (QED) is 0.774. The molecule has 0 atom stereocenters. The summed E-state index contributed by atoms with van der Waals surface area (Å²) in [5.41, 5.74) is -0.945. The second kappa shape index (κ2) is 3.41. The molecule has 0 aliphatic carbocycles. The molecule has 0 saturated heterocycles. The largest absolute Gasteiger partial charge is 0.477 e. The molecule has 6 heteroatoms. The van der Waals surface area contributed by atoms with Gasteiger partial charge in [-0.05, 0) is 12.1 Å². The summed E-state index contributed by atoms with van der Waals surface area (Å²) < 4.78 is 5.67. The van der Waals surface area contributed by atoms with E-state index in [-0.39, 0.29) is 11.4 Å². The maximum atomic E-state index is 11.6. The number of hydrogen-bond donors (Lipinski definition) is 1. The molecule has 2 aromatic heterocycles. The minimum absolute atomic E-state index is 0.253. The van der Waals surface area contributed by atoms with E-state index in [9.17, 15) is 9.59 Å². The summed E-state index contributed by atoms with van der Waals surface area (Å²) >= 11 is 0. The minimum Gasteiger partial charge on any atom is -0.477 e. The maximum absolute atomic E-state index is 11.6. The standard InChI is InChI=1S/C9H6N2O4/c12-8-6(9(13)14)2-1-4-11(8)7-3-5-15-10-7/h1-5H,(H,13,14). The van der Waals surface area contributed by atoms with Crippen LogP contribution in [0.4, 0.5) is 0 Å². The van der Waals surface area contributed by atoms with Gasteiger partial charge in [-0.15, -0.1) is 0 Å². The molecular weight excluding hydrogens is 200 g/mol. The molecular formula is C9H6N2O4. The molecule has 0 fully saturated rings. The van der Waals surface area contributed by atoms with E-state index >= 15 is 0 Å². The Kier molecular flexibility index (Phi) is 2.09. The van der Waals surface area contributed by atoms with Gasteiger partial charge in [-0.1, -0.05) is 5.16 Å². The second-order valence-corrected chi connectivity index (χ2v) is 2.76. The van der Waals surface area contributed by atoms with Gasteiger partial charge in [0.2, 0.25) is 0 Å². The Labute approximate surface area is 83.4 Å². The summed E-state index contributed by atoms with van der Waals surface area (Å²) in [7, 11) is 0. The lowest BCUT2D eigenvalue weighted by Gasteiger charge is -2.00. The van der Waals surface area contributed by atoms with Crippen LogP contribution in [0.3, 0.4) is 0 Å². The highest BCUT2D eigenvalue weighted by molar-refractivity contribution is 5.87. The smallest absolute Gasteiger partial charge is 0.341 e. The van der Waals surface area contributed by atoms with Gasteiger partial charge in [0, 0.05) is 12.3 Å². The van der Waals surface area contributed by atoms with Gasteiger partial charge < -0.3 is 9.63 Å². The van der Waals surface area contributed by atoms with Gasteiger partial charge in [0.05, 0.1) is 0 Å². The summed E-state index contributed by atoms with van der Waals surface area (Å²) in [6.07, 6.45) is 2.72. The number of rotatable bonds is 2. The maximum Gasteiger partial charge on any atom is 0.341 e. The monoisotopic (exact) mass is 206 g/mol. The molecule has 76 valence electrons. The average molecular weight is 206 g/mol. The van der Waals surface area contributed by atoms with E-state index in [2.05, 4.69) is 9.68 Å². The minimum atomic E-state index is -1.27. The van der Waals surface area contributed by atoms with E-state index in [4.69, 9.17) is 5.11 Å². The number of carbonyl (C=O) groups is 1. The fraction of sp³-hybridized carbons (Fsp3) is 0. The van der Waals surface area contributed by atoms with E-state index in [1.165, 1.54) is 30.7 Å². The summed E-state index contributed by atoms with van der Waals surface area (Å²) in [6.45, 7) is 0. The van der Waals surface area contributed by atoms with Crippen molar-refractivity contribution < 1.29 is 14.4 Å². The topological polar surface area (TPSA) is 85.3 Å². The number of carboxylic acid groups (broad SMARTS) is 1. The first-order chi connectivity index (χ1) is 7.20. The van der Waals surface area contributed by atoms with Crippen LogP contribution in [0.2, 0.25) is 0 Å². The third-order valence-electron chi connectivity index (χ3n) is 1.85. The summed E-state index contributed by atoms with van der Waals surface area (Å²) in [6, 6.07) is 4.16. The van der Waals surface area contributed by atoms with E-state index in [1.54, 1.807) is 0 Å². The van der Waals surface area contributed by atoms with Gasteiger partial charge in [-0.25, -0.2) is 4.79 Å². The first-order valence-corrected chi connectivity index (χ1v) is 4.06. The molecule has 0 bridgehead atoms. The van der Waals surface area contributed by atoms with Gasteiger partial charge in [0.15, 0.2) is 5.82 Å². The molecule has 1 N–H and O–H groups in total. The van der Waals surface area contributed by atoms with Crippen LogP contribution in [-0.4, -0.2) is 20.8 Å². The van der Waals surface area contributed by atoms with Gasteiger partial charge >= 0.3 is 5.97 Å². The van der Waals surface area contributed by atoms with Crippen molar-refractivity contribution >= 4 is 5.97 Å². The van der Waals surface area contributed by atoms with Crippen LogP contribution in [-0.2, 0) is 0 Å². The number of pyridine rings is 1. The second-order valence-electron chi connectivity index (χ2n) is 2.76. The molecule has 0 aromatic carbocycles. The van der Waals surface area contributed by atoms with E-state index < -0.39 is 11.5 Å². The lowest BCUT2D eigenvalue weighted by atomic mass is 10.3. The fourth-order valence-corrected chi connectivity index (χ4v) is 1.17. The third kappa shape index (κ3) is 1.52. The lowest BCUT2D eigenvalue weighted by molar-refractivity contribution is 0.0694. The predicted molar refractivity (Wildman–Crippen MR) is 49.1 cm³/mol. The van der Waals surface area contributed by atoms with Crippen molar-refractivity contribution in [3.63, 3.8) is 0 Å². The van der Waals surface area contributed by atoms with Crippen LogP contribution >= 0.6 is 0 Å². The molecule has 0 amide bonds. The highest BCUT2D eigenvalue weighted by atomic mass is 16.5. The van der Waals surface area contributed by atoms with E-state index in [0.29, 0.717) is 0 Å². The molecule has 15 heavy (non-hydrogen) atoms. The molecule has 6 nitrogen and oxygen atoms in total. The van der Waals surface area contributed by atoms with Gasteiger partial charge in [-0.2, -0.15) is 0 Å². The number of nitrogens with zero attached hydrogens (tertiary/aromatic N) is 2. The van der Waals surface area contributed by atoms with Gasteiger partial charge in [0.1, 0.15) is 11.8 Å². The molecule has 0 spiro atoms. The number of aromatic carboxylic acids is 1. The van der Waals surface area contributed by atoms with Crippen LogP contribution in [0.25, 0.3) is 5.82 Å². The highest BCUT2D eigenvalue weighted by Crippen LogP contribution is 2.01. The van der Waals surface area contributed by atoms with E-state index in [0.717, 1.165) is 4.57 Å². The predicted octanol–water partition coefficient (Wildman–Crippen LogP) is 0.524. The van der Waals surface area contributed by atoms with Crippen molar-refractivity contribution in [2.75, 3.05) is 0 Å². The van der Waals surface area contributed by atoms with Crippen molar-refractivity contribution in [3.05, 3.63) is 46.6 Å². The third-order valence-corrected chi connectivity index (χ3v) is 1.85. The molecule has 2 rings (SSSR count). The Morgan fingerprint density at radius 3 is 2.87 bits per heavy atom. The highest BCUT2D eigenvalue weighted by Gasteiger charge is 2.11. The molecule has 0 radical (unpaired) electrons. The lowest BCUT2D eigenvalue weighted by Crippen LogP contribution is -2.24. The Morgan fingerprint density at radius 1 is 1.47 bits per heavy atom. The zero-order chi connectivity index (χ0) is 10.8. The molecule has 2 heterocycles. The number of aromatic nitrogens is 2. The summed E-state index contributed by atoms with van der Waals surface area (Å²) in [5.74, 6) is -1.01. The van der Waals surface area contributed by atoms with Crippen molar-refractivity contribution in [2.45, 2.75) is 0 Å². The Hall–Kier alpha value is -2.37. The Morgan fingerprint density at radius 2 is 2.27 bits per heavy atom. The van der Waals surface area contributed by atoms with Crippen LogP contribution < -0.4 is 5.56 Å². The van der Waals surface area contributed by atoms with Crippen molar-refractivity contribution in [1.29, 1.82) is 0 Å². The molecule has 0 aliphatic heterocycles. The van der Waals surface area contributed by atoms with Crippen molar-refractivity contribution in [3.8, 4) is 5.82 Å². The molecule has 0 aliphatic rings. The molecule has 0 unspecified atom stereocenters. The number of hydrogen-bond acceptors (Lipinski definition) is 4.